The number of cyclic esters (lactones) is 1. The van der Waals surface area contributed by atoms with E-state index in [1.165, 1.54) is 5.56 Å². The Morgan fingerprint density at radius 1 is 1.03 bits per heavy atom. The topological polar surface area (TPSA) is 47.9 Å². The second-order valence-corrected chi connectivity index (χ2v) is 11.4. The van der Waals surface area contributed by atoms with Gasteiger partial charge in [0, 0.05) is 13.6 Å². The Bertz CT molecular complexity index is 1260. The number of hydrogen-bond acceptors (Lipinski definition) is 4. The summed E-state index contributed by atoms with van der Waals surface area (Å²) in [5.74, 6) is 0.678. The Hall–Kier alpha value is -0.990. The molecule has 0 saturated heterocycles. The number of esters is 1. The molecule has 32 heavy (non-hydrogen) atoms. The van der Waals surface area contributed by atoms with Crippen LogP contribution in [0.15, 0.2) is 69.8 Å². The molecule has 3 aromatic rings. The minimum absolute atomic E-state index is 0.273. The number of halogens is 4. The largest absolute Gasteiger partial charge is 0.487 e. The van der Waals surface area contributed by atoms with Crippen LogP contribution in [0.4, 0.5) is 0 Å². The molecule has 4 nitrogen and oxygen atoms in total. The summed E-state index contributed by atoms with van der Waals surface area (Å²) in [7, 11) is 0. The molecule has 1 aliphatic heterocycles. The van der Waals surface area contributed by atoms with Crippen molar-refractivity contribution in [3.05, 3.63) is 97.7 Å². The molecule has 162 valence electrons. The molecule has 0 bridgehead atoms. The molecule has 1 aliphatic rings. The highest BCUT2D eigenvalue weighted by Gasteiger charge is 2.24. The van der Waals surface area contributed by atoms with Gasteiger partial charge in [-0.25, -0.2) is 9.79 Å². The molecule has 0 unspecified atom stereocenters. The van der Waals surface area contributed by atoms with Crippen LogP contribution in [0.5, 0.6) is 5.75 Å². The highest BCUT2D eigenvalue weighted by molar-refractivity contribution is 14.1. The van der Waals surface area contributed by atoms with Crippen molar-refractivity contribution in [2.75, 3.05) is 0 Å². The van der Waals surface area contributed by atoms with Crippen molar-refractivity contribution < 1.29 is 14.3 Å². The maximum atomic E-state index is 12.4. The zero-order valence-electron chi connectivity index (χ0n) is 16.7. The van der Waals surface area contributed by atoms with Gasteiger partial charge in [0.05, 0.1) is 7.14 Å². The maximum Gasteiger partial charge on any atom is 0.363 e. The third kappa shape index (κ3) is 5.73. The van der Waals surface area contributed by atoms with Crippen LogP contribution in [0, 0.1) is 17.6 Å². The van der Waals surface area contributed by atoms with Gasteiger partial charge in [0.1, 0.15) is 12.4 Å². The maximum absolute atomic E-state index is 12.4. The van der Waals surface area contributed by atoms with E-state index in [2.05, 4.69) is 114 Å². The van der Waals surface area contributed by atoms with Crippen molar-refractivity contribution in [3.63, 3.8) is 0 Å². The summed E-state index contributed by atoms with van der Waals surface area (Å²) in [5, 5.41) is 0. The van der Waals surface area contributed by atoms with Gasteiger partial charge in [-0.05, 0) is 138 Å². The number of nitrogens with zero attached hydrogens (tertiary/aromatic N) is 1. The van der Waals surface area contributed by atoms with Gasteiger partial charge in [-0.1, -0.05) is 29.8 Å². The molecule has 0 spiro atoms. The van der Waals surface area contributed by atoms with E-state index in [9.17, 15) is 4.79 Å². The highest BCUT2D eigenvalue weighted by Crippen LogP contribution is 2.31. The molecular formula is C24H15BrI3NO3. The fraction of sp³-hybridized carbons (Fsp3) is 0.0833. The lowest BCUT2D eigenvalue weighted by molar-refractivity contribution is -0.129. The Morgan fingerprint density at radius 3 is 2.47 bits per heavy atom. The lowest BCUT2D eigenvalue weighted by Gasteiger charge is -2.12. The fourth-order valence-corrected chi connectivity index (χ4v) is 5.92. The standard InChI is InChI=1S/C24H15BrI3NO3/c1-13-3-2-4-14(7-13)12-31-22-19(27)8-15(9-20(22)28)10-21-24(30)32-23(29-21)16-5-6-18(26)17(25)11-16/h2-11H,12H2,1H3/b21-10-. The van der Waals surface area contributed by atoms with Crippen molar-refractivity contribution >= 4 is 102 Å². The van der Waals surface area contributed by atoms with E-state index in [1.807, 2.05) is 36.4 Å². The highest BCUT2D eigenvalue weighted by atomic mass is 127. The summed E-state index contributed by atoms with van der Waals surface area (Å²) in [6, 6.07) is 17.9. The number of rotatable bonds is 5. The van der Waals surface area contributed by atoms with Gasteiger partial charge in [0.25, 0.3) is 0 Å². The normalized spacial score (nSPS) is 14.5. The number of hydrogen-bond donors (Lipinski definition) is 0. The Kier molecular flexibility index (Phi) is 7.93. The molecule has 0 aliphatic carbocycles. The number of aryl methyl sites for hydroxylation is 1. The first kappa shape index (κ1) is 24.1. The van der Waals surface area contributed by atoms with Crippen molar-refractivity contribution in [2.24, 2.45) is 4.99 Å². The molecule has 8 heteroatoms. The number of benzene rings is 3. The summed E-state index contributed by atoms with van der Waals surface area (Å²) in [6.07, 6.45) is 1.74. The minimum Gasteiger partial charge on any atom is -0.487 e. The third-order valence-corrected chi connectivity index (χ3v) is 8.52. The van der Waals surface area contributed by atoms with Crippen LogP contribution in [-0.4, -0.2) is 11.9 Å². The van der Waals surface area contributed by atoms with E-state index in [-0.39, 0.29) is 5.70 Å². The molecule has 0 fully saturated rings. The van der Waals surface area contributed by atoms with Crippen molar-refractivity contribution in [3.8, 4) is 5.75 Å². The van der Waals surface area contributed by atoms with Crippen LogP contribution in [0.25, 0.3) is 6.08 Å². The van der Waals surface area contributed by atoms with Gasteiger partial charge < -0.3 is 9.47 Å². The molecule has 0 aromatic heterocycles. The molecule has 0 saturated carbocycles. The van der Waals surface area contributed by atoms with Gasteiger partial charge in [-0.2, -0.15) is 0 Å². The average Bonchev–Trinajstić information content (AvgIpc) is 3.10. The Morgan fingerprint density at radius 2 is 1.78 bits per heavy atom. The van der Waals surface area contributed by atoms with Crippen LogP contribution in [-0.2, 0) is 16.1 Å². The van der Waals surface area contributed by atoms with Gasteiger partial charge in [0.2, 0.25) is 5.90 Å². The molecule has 0 atom stereocenters. The predicted molar refractivity (Wildman–Crippen MR) is 155 cm³/mol. The molecular weight excluding hydrogens is 811 g/mol. The first-order valence-corrected chi connectivity index (χ1v) is 13.5. The molecule has 3 aromatic carbocycles. The van der Waals surface area contributed by atoms with E-state index in [4.69, 9.17) is 9.47 Å². The van der Waals surface area contributed by atoms with Crippen LogP contribution in [0.2, 0.25) is 0 Å². The van der Waals surface area contributed by atoms with E-state index in [0.717, 1.165) is 37.6 Å². The summed E-state index contributed by atoms with van der Waals surface area (Å²) in [5.41, 5.74) is 4.22. The zero-order valence-corrected chi connectivity index (χ0v) is 24.7. The summed E-state index contributed by atoms with van der Waals surface area (Å²) in [4.78, 5) is 16.8. The third-order valence-electron chi connectivity index (χ3n) is 4.58. The number of carbonyl (C=O) groups excluding carboxylic acids is 1. The predicted octanol–water partition coefficient (Wildman–Crippen LogP) is 7.49. The second-order valence-electron chi connectivity index (χ2n) is 7.06. The first-order chi connectivity index (χ1) is 15.3. The van der Waals surface area contributed by atoms with Gasteiger partial charge in [-0.3, -0.25) is 0 Å². The SMILES string of the molecule is Cc1cccc(COc2c(I)cc(/C=C3\N=C(c4ccc(I)c(Br)c4)OC3=O)cc2I)c1. The number of aliphatic imine (C=N–C) groups is 1. The van der Waals surface area contributed by atoms with E-state index >= 15 is 0 Å². The van der Waals surface area contributed by atoms with Crippen LogP contribution < -0.4 is 4.74 Å². The molecule has 4 rings (SSSR count). The lowest BCUT2D eigenvalue weighted by atomic mass is 10.1. The summed E-state index contributed by atoms with van der Waals surface area (Å²) in [6.45, 7) is 2.57. The molecule has 1 heterocycles. The van der Waals surface area contributed by atoms with E-state index < -0.39 is 5.97 Å². The lowest BCUT2D eigenvalue weighted by Crippen LogP contribution is -2.05. The Labute approximate surface area is 235 Å². The quantitative estimate of drug-likeness (QED) is 0.152. The summed E-state index contributed by atoms with van der Waals surface area (Å²) < 4.78 is 15.4. The summed E-state index contributed by atoms with van der Waals surface area (Å²) >= 11 is 10.2. The van der Waals surface area contributed by atoms with Crippen LogP contribution in [0.3, 0.4) is 0 Å². The molecule has 0 amide bonds. The Balaban J connectivity index is 1.56. The number of carbonyl (C=O) groups is 1. The van der Waals surface area contributed by atoms with Crippen molar-refractivity contribution in [2.45, 2.75) is 13.5 Å². The smallest absolute Gasteiger partial charge is 0.363 e. The van der Waals surface area contributed by atoms with Crippen molar-refractivity contribution in [1.82, 2.24) is 0 Å². The molecule has 0 N–H and O–H groups in total. The monoisotopic (exact) mass is 825 g/mol. The molecule has 0 radical (unpaired) electrons. The number of ether oxygens (including phenoxy) is 2. The fourth-order valence-electron chi connectivity index (χ4n) is 3.08. The van der Waals surface area contributed by atoms with Gasteiger partial charge >= 0.3 is 5.97 Å². The van der Waals surface area contributed by atoms with Gasteiger partial charge in [0.15, 0.2) is 5.70 Å². The minimum atomic E-state index is -0.459. The van der Waals surface area contributed by atoms with Crippen LogP contribution >= 0.6 is 83.7 Å². The average molecular weight is 826 g/mol. The first-order valence-electron chi connectivity index (χ1n) is 9.45. The van der Waals surface area contributed by atoms with Gasteiger partial charge in [-0.15, -0.1) is 0 Å². The van der Waals surface area contributed by atoms with Crippen LogP contribution in [0.1, 0.15) is 22.3 Å². The van der Waals surface area contributed by atoms with E-state index in [0.29, 0.717) is 12.5 Å². The second kappa shape index (κ2) is 10.5. The van der Waals surface area contributed by atoms with E-state index in [1.54, 1.807) is 6.08 Å². The van der Waals surface area contributed by atoms with Crippen molar-refractivity contribution in [1.29, 1.82) is 0 Å². The zero-order chi connectivity index (χ0) is 22.8.